The van der Waals surface area contributed by atoms with Gasteiger partial charge in [0.1, 0.15) is 0 Å². The minimum atomic E-state index is -2.47. The van der Waals surface area contributed by atoms with Crippen molar-refractivity contribution in [2.75, 3.05) is 4.31 Å². The van der Waals surface area contributed by atoms with Gasteiger partial charge in [-0.1, -0.05) is 54.6 Å². The maximum absolute atomic E-state index is 12.1. The highest BCUT2D eigenvalue weighted by atomic mass is 32.2. The van der Waals surface area contributed by atoms with E-state index in [1.165, 1.54) is 4.31 Å². The van der Waals surface area contributed by atoms with Crippen LogP contribution in [0, 0.1) is 0 Å². The van der Waals surface area contributed by atoms with Crippen molar-refractivity contribution < 1.29 is 8.76 Å². The Bertz CT molecular complexity index is 975. The fourth-order valence-electron chi connectivity index (χ4n) is 2.93. The molecule has 4 aromatic rings. The Morgan fingerprint density at radius 3 is 2.29 bits per heavy atom. The molecule has 0 aliphatic heterocycles. The normalized spacial score (nSPS) is 12.4. The van der Waals surface area contributed by atoms with E-state index in [0.29, 0.717) is 16.9 Å². The topological polar surface area (TPSA) is 56.3 Å². The van der Waals surface area contributed by atoms with E-state index in [1.54, 1.807) is 18.3 Å². The summed E-state index contributed by atoms with van der Waals surface area (Å²) in [5.41, 5.74) is 1.80. The molecule has 1 atom stereocenters. The van der Waals surface area contributed by atoms with Crippen LogP contribution in [0.2, 0.25) is 0 Å². The van der Waals surface area contributed by atoms with Gasteiger partial charge in [0.15, 0.2) is 0 Å². The molecule has 0 spiro atoms. The lowest BCUT2D eigenvalue weighted by molar-refractivity contribution is 0.537. The van der Waals surface area contributed by atoms with Crippen LogP contribution in [0.25, 0.3) is 21.7 Å². The molecule has 0 N–H and O–H groups in total. The van der Waals surface area contributed by atoms with Gasteiger partial charge >= 0.3 is 0 Å². The molecule has 0 aliphatic carbocycles. The third-order valence-corrected chi connectivity index (χ3v) is 4.66. The molecule has 1 heterocycles. The van der Waals surface area contributed by atoms with Crippen molar-refractivity contribution >= 4 is 44.3 Å². The molecule has 1 aromatic heterocycles. The number of hydrogen-bond acceptors (Lipinski definition) is 3. The van der Waals surface area contributed by atoms with E-state index in [4.69, 9.17) is 0 Å². The van der Waals surface area contributed by atoms with E-state index in [-0.39, 0.29) is 0 Å². The van der Waals surface area contributed by atoms with Crippen LogP contribution in [-0.4, -0.2) is 13.7 Å². The summed E-state index contributed by atoms with van der Waals surface area (Å²) in [6, 6.07) is 22.6. The fourth-order valence-corrected chi connectivity index (χ4v) is 3.56. The van der Waals surface area contributed by atoms with Gasteiger partial charge in [0.05, 0.1) is 28.2 Å². The third kappa shape index (κ3) is 2.44. The first-order chi connectivity index (χ1) is 11.8. The van der Waals surface area contributed by atoms with Crippen molar-refractivity contribution in [3.05, 3.63) is 79.0 Å². The number of aromatic nitrogens is 1. The summed E-state index contributed by atoms with van der Waals surface area (Å²) in [5, 5.41) is 2.75. The summed E-state index contributed by atoms with van der Waals surface area (Å²) in [4.78, 5) is 4.38. The number of benzene rings is 3. The summed E-state index contributed by atoms with van der Waals surface area (Å²) in [7, 11) is 0. The standard InChI is InChI=1S/C19H14N2O2S/c22-24(23)21(17-11-3-7-14-6-1-2-10-16(14)17)18-12-4-8-15-9-5-13-20-19(15)18/h1-13H,(H,22,23)/p-1. The predicted molar refractivity (Wildman–Crippen MR) is 96.7 cm³/mol. The molecule has 3 aromatic carbocycles. The minimum absolute atomic E-state index is 0.540. The third-order valence-electron chi connectivity index (χ3n) is 3.96. The largest absolute Gasteiger partial charge is 0.755 e. The van der Waals surface area contributed by atoms with Crippen molar-refractivity contribution in [3.63, 3.8) is 0 Å². The zero-order valence-corrected chi connectivity index (χ0v) is 13.4. The van der Waals surface area contributed by atoms with Crippen molar-refractivity contribution in [1.82, 2.24) is 4.98 Å². The van der Waals surface area contributed by atoms with Crippen molar-refractivity contribution in [2.24, 2.45) is 0 Å². The zero-order valence-electron chi connectivity index (χ0n) is 12.6. The quantitative estimate of drug-likeness (QED) is 0.525. The lowest BCUT2D eigenvalue weighted by Crippen LogP contribution is -2.20. The molecule has 1 unspecified atom stereocenters. The van der Waals surface area contributed by atoms with Crippen LogP contribution < -0.4 is 4.31 Å². The van der Waals surface area contributed by atoms with Crippen LogP contribution in [-0.2, 0) is 11.3 Å². The summed E-state index contributed by atoms with van der Waals surface area (Å²) in [5.74, 6) is 0. The summed E-state index contributed by atoms with van der Waals surface area (Å²) >= 11 is -2.47. The Morgan fingerprint density at radius 2 is 1.46 bits per heavy atom. The van der Waals surface area contributed by atoms with E-state index < -0.39 is 11.3 Å². The Balaban J connectivity index is 2.02. The van der Waals surface area contributed by atoms with Gasteiger partial charge in [0, 0.05) is 17.0 Å². The second-order valence-corrected chi connectivity index (χ2v) is 6.16. The number of rotatable bonds is 3. The van der Waals surface area contributed by atoms with E-state index in [0.717, 1.165) is 16.2 Å². The SMILES string of the molecule is O=S([O-])N(c1cccc2ccccc12)c1cccc2cccnc12. The van der Waals surface area contributed by atoms with E-state index in [2.05, 4.69) is 4.98 Å². The van der Waals surface area contributed by atoms with Gasteiger partial charge in [-0.25, -0.2) is 0 Å². The maximum Gasteiger partial charge on any atom is 0.0948 e. The van der Waals surface area contributed by atoms with Crippen molar-refractivity contribution in [3.8, 4) is 0 Å². The predicted octanol–water partition coefficient (Wildman–Crippen LogP) is 4.32. The number of fused-ring (bicyclic) bond motifs is 2. The van der Waals surface area contributed by atoms with Gasteiger partial charge in [0.2, 0.25) is 0 Å². The van der Waals surface area contributed by atoms with Crippen molar-refractivity contribution in [1.29, 1.82) is 0 Å². The second kappa shape index (κ2) is 6.03. The lowest BCUT2D eigenvalue weighted by atomic mass is 10.1. The van der Waals surface area contributed by atoms with Gasteiger partial charge in [-0.05, 0) is 23.6 Å². The highest BCUT2D eigenvalue weighted by Crippen LogP contribution is 2.36. The fraction of sp³-hybridized carbons (Fsp3) is 0. The van der Waals surface area contributed by atoms with Gasteiger partial charge in [0.25, 0.3) is 0 Å². The molecule has 0 saturated heterocycles. The summed E-state index contributed by atoms with van der Waals surface area (Å²) < 4.78 is 25.5. The molecule has 4 nitrogen and oxygen atoms in total. The molecule has 24 heavy (non-hydrogen) atoms. The molecular weight excluding hydrogens is 320 g/mol. The molecule has 0 aliphatic rings. The second-order valence-electron chi connectivity index (χ2n) is 5.36. The van der Waals surface area contributed by atoms with Gasteiger partial charge < -0.3 is 4.55 Å². The van der Waals surface area contributed by atoms with E-state index >= 15 is 0 Å². The number of nitrogens with zero attached hydrogens (tertiary/aromatic N) is 2. The van der Waals surface area contributed by atoms with Gasteiger partial charge in [-0.3, -0.25) is 13.5 Å². The van der Waals surface area contributed by atoms with Gasteiger partial charge in [-0.15, -0.1) is 0 Å². The first-order valence-electron chi connectivity index (χ1n) is 7.47. The Morgan fingerprint density at radius 1 is 0.792 bits per heavy atom. The molecule has 118 valence electrons. The highest BCUT2D eigenvalue weighted by Gasteiger charge is 2.16. The van der Waals surface area contributed by atoms with Crippen LogP contribution in [0.5, 0.6) is 0 Å². The lowest BCUT2D eigenvalue weighted by Gasteiger charge is -2.28. The van der Waals surface area contributed by atoms with Crippen LogP contribution in [0.3, 0.4) is 0 Å². The first kappa shape index (κ1) is 14.8. The highest BCUT2D eigenvalue weighted by molar-refractivity contribution is 7.81. The van der Waals surface area contributed by atoms with E-state index in [9.17, 15) is 8.76 Å². The van der Waals surface area contributed by atoms with Crippen LogP contribution >= 0.6 is 0 Å². The monoisotopic (exact) mass is 333 g/mol. The molecule has 0 fully saturated rings. The molecule has 0 bridgehead atoms. The Hall–Kier alpha value is -2.76. The molecule has 0 radical (unpaired) electrons. The smallest absolute Gasteiger partial charge is 0.0948 e. The summed E-state index contributed by atoms with van der Waals surface area (Å²) in [6.45, 7) is 0. The van der Waals surface area contributed by atoms with Gasteiger partial charge in [-0.2, -0.15) is 0 Å². The molecular formula is C19H13N2O2S-. The zero-order chi connectivity index (χ0) is 16.5. The minimum Gasteiger partial charge on any atom is -0.755 e. The van der Waals surface area contributed by atoms with Crippen LogP contribution in [0.4, 0.5) is 11.4 Å². The van der Waals surface area contributed by atoms with E-state index in [1.807, 2.05) is 60.7 Å². The maximum atomic E-state index is 12.1. The molecule has 4 rings (SSSR count). The molecule has 0 amide bonds. The number of anilines is 2. The molecule has 5 heteroatoms. The number of para-hydroxylation sites is 1. The summed E-state index contributed by atoms with van der Waals surface area (Å²) in [6.07, 6.45) is 1.67. The van der Waals surface area contributed by atoms with Crippen LogP contribution in [0.1, 0.15) is 0 Å². The number of pyridine rings is 1. The first-order valence-corrected chi connectivity index (χ1v) is 8.50. The average Bonchev–Trinajstić information content (AvgIpc) is 2.62. The van der Waals surface area contributed by atoms with Crippen molar-refractivity contribution in [2.45, 2.75) is 0 Å². The average molecular weight is 333 g/mol. The number of hydrogen-bond donors (Lipinski definition) is 0. The Labute approximate surface area is 141 Å². The van der Waals surface area contributed by atoms with Crippen LogP contribution in [0.15, 0.2) is 79.0 Å². The molecule has 0 saturated carbocycles. The Kier molecular flexibility index (Phi) is 3.72.